The molecule has 0 amide bonds. The van der Waals surface area contributed by atoms with Gasteiger partial charge in [-0.25, -0.2) is 4.39 Å². The molecule has 0 radical (unpaired) electrons. The molecule has 3 aromatic rings. The van der Waals surface area contributed by atoms with Crippen LogP contribution in [0, 0.1) is 5.82 Å². The van der Waals surface area contributed by atoms with Crippen LogP contribution in [0.5, 0.6) is 0 Å². The highest BCUT2D eigenvalue weighted by Crippen LogP contribution is 2.28. The molecule has 4 rings (SSSR count). The summed E-state index contributed by atoms with van der Waals surface area (Å²) >= 11 is 5.97. The molecule has 5 heteroatoms. The van der Waals surface area contributed by atoms with Crippen LogP contribution in [0.25, 0.3) is 0 Å². The standard InChI is InChI=1S/C25H24ClFN2O/c26-21-8-6-20(7-9-21)25(30)18-24(19-4-2-1-3-5-19)29-16-14-28(15-17-29)23-12-10-22(27)11-13-23/h1-13,24H,14-18H2. The Kier molecular flexibility index (Phi) is 6.46. The predicted molar refractivity (Wildman–Crippen MR) is 120 cm³/mol. The second-order valence-electron chi connectivity index (χ2n) is 7.56. The Bertz CT molecular complexity index is 968. The molecule has 1 atom stereocenters. The summed E-state index contributed by atoms with van der Waals surface area (Å²) in [4.78, 5) is 17.6. The first-order valence-electron chi connectivity index (χ1n) is 10.2. The van der Waals surface area contributed by atoms with Gasteiger partial charge in [0.05, 0.1) is 0 Å². The maximum absolute atomic E-state index is 13.2. The van der Waals surface area contributed by atoms with Gasteiger partial charge in [-0.1, -0.05) is 41.9 Å². The Morgan fingerprint density at radius 2 is 1.50 bits per heavy atom. The lowest BCUT2D eigenvalue weighted by molar-refractivity contribution is 0.0910. The number of halogens is 2. The van der Waals surface area contributed by atoms with Crippen molar-refractivity contribution in [2.45, 2.75) is 12.5 Å². The van der Waals surface area contributed by atoms with Gasteiger partial charge in [0.1, 0.15) is 5.82 Å². The van der Waals surface area contributed by atoms with Crippen LogP contribution in [-0.2, 0) is 0 Å². The first kappa shape index (κ1) is 20.6. The minimum absolute atomic E-state index is 0.0183. The molecule has 0 N–H and O–H groups in total. The summed E-state index contributed by atoms with van der Waals surface area (Å²) in [5.41, 5.74) is 2.87. The molecule has 0 aromatic heterocycles. The van der Waals surface area contributed by atoms with Gasteiger partial charge in [0.15, 0.2) is 5.78 Å². The summed E-state index contributed by atoms with van der Waals surface area (Å²) in [6, 6.07) is 24.0. The van der Waals surface area contributed by atoms with Crippen LogP contribution in [-0.4, -0.2) is 36.9 Å². The number of piperazine rings is 1. The molecule has 0 spiro atoms. The number of ketones is 1. The number of rotatable bonds is 6. The fourth-order valence-electron chi connectivity index (χ4n) is 4.01. The first-order valence-corrected chi connectivity index (χ1v) is 10.6. The van der Waals surface area contributed by atoms with Crippen molar-refractivity contribution in [2.75, 3.05) is 31.1 Å². The van der Waals surface area contributed by atoms with E-state index in [9.17, 15) is 9.18 Å². The number of benzene rings is 3. The van der Waals surface area contributed by atoms with Gasteiger partial charge < -0.3 is 4.90 Å². The van der Waals surface area contributed by atoms with E-state index in [1.165, 1.54) is 12.1 Å². The van der Waals surface area contributed by atoms with Crippen molar-refractivity contribution in [1.29, 1.82) is 0 Å². The van der Waals surface area contributed by atoms with Gasteiger partial charge in [-0.3, -0.25) is 9.69 Å². The zero-order chi connectivity index (χ0) is 20.9. The molecule has 0 saturated carbocycles. The highest BCUT2D eigenvalue weighted by Gasteiger charge is 2.27. The van der Waals surface area contributed by atoms with E-state index in [1.54, 1.807) is 24.3 Å². The average Bonchev–Trinajstić information content (AvgIpc) is 2.79. The number of carbonyl (C=O) groups is 1. The summed E-state index contributed by atoms with van der Waals surface area (Å²) in [6.45, 7) is 3.35. The monoisotopic (exact) mass is 422 g/mol. The van der Waals surface area contributed by atoms with E-state index in [0.29, 0.717) is 17.0 Å². The fourth-order valence-corrected chi connectivity index (χ4v) is 4.13. The molecule has 1 fully saturated rings. The molecule has 30 heavy (non-hydrogen) atoms. The van der Waals surface area contributed by atoms with E-state index >= 15 is 0 Å². The topological polar surface area (TPSA) is 23.6 Å². The van der Waals surface area contributed by atoms with Crippen molar-refractivity contribution in [3.63, 3.8) is 0 Å². The van der Waals surface area contributed by atoms with E-state index in [1.807, 2.05) is 30.3 Å². The molecule has 3 nitrogen and oxygen atoms in total. The molecule has 1 unspecified atom stereocenters. The van der Waals surface area contributed by atoms with Gasteiger partial charge in [-0.05, 0) is 54.1 Å². The summed E-state index contributed by atoms with van der Waals surface area (Å²) in [6.07, 6.45) is 0.419. The Morgan fingerprint density at radius 3 is 2.13 bits per heavy atom. The quantitative estimate of drug-likeness (QED) is 0.482. The highest BCUT2D eigenvalue weighted by molar-refractivity contribution is 6.30. The van der Waals surface area contributed by atoms with Crippen LogP contribution in [0.4, 0.5) is 10.1 Å². The molecule has 0 aliphatic carbocycles. The van der Waals surface area contributed by atoms with Crippen LogP contribution in [0.15, 0.2) is 78.9 Å². The molecule has 1 aliphatic heterocycles. The van der Waals surface area contributed by atoms with Crippen molar-refractivity contribution in [2.24, 2.45) is 0 Å². The number of carbonyl (C=O) groups excluding carboxylic acids is 1. The molecule has 0 bridgehead atoms. The van der Waals surface area contributed by atoms with E-state index in [-0.39, 0.29) is 17.6 Å². The summed E-state index contributed by atoms with van der Waals surface area (Å²) in [7, 11) is 0. The Balaban J connectivity index is 1.49. The molecular formula is C25H24ClFN2O. The minimum atomic E-state index is -0.220. The van der Waals surface area contributed by atoms with Gasteiger partial charge in [-0.15, -0.1) is 0 Å². The Hall–Kier alpha value is -2.69. The minimum Gasteiger partial charge on any atom is -0.369 e. The van der Waals surface area contributed by atoms with Crippen molar-refractivity contribution in [1.82, 2.24) is 4.90 Å². The lowest BCUT2D eigenvalue weighted by Gasteiger charge is -2.40. The second kappa shape index (κ2) is 9.41. The zero-order valence-electron chi connectivity index (χ0n) is 16.7. The fraction of sp³-hybridized carbons (Fsp3) is 0.240. The van der Waals surface area contributed by atoms with Gasteiger partial charge >= 0.3 is 0 Å². The maximum Gasteiger partial charge on any atom is 0.164 e. The largest absolute Gasteiger partial charge is 0.369 e. The lowest BCUT2D eigenvalue weighted by atomic mass is 9.96. The van der Waals surface area contributed by atoms with Crippen molar-refractivity contribution >= 4 is 23.1 Å². The summed E-state index contributed by atoms with van der Waals surface area (Å²) in [5.74, 6) is -0.108. The molecule has 3 aromatic carbocycles. The average molecular weight is 423 g/mol. The van der Waals surface area contributed by atoms with Crippen LogP contribution in [0.1, 0.15) is 28.4 Å². The van der Waals surface area contributed by atoms with Crippen LogP contribution < -0.4 is 4.90 Å². The van der Waals surface area contributed by atoms with Gasteiger partial charge in [0.25, 0.3) is 0 Å². The zero-order valence-corrected chi connectivity index (χ0v) is 17.4. The normalized spacial score (nSPS) is 15.7. The summed E-state index contributed by atoms with van der Waals surface area (Å²) in [5, 5.41) is 0.628. The molecular weight excluding hydrogens is 399 g/mol. The Labute approximate surface area is 181 Å². The third-order valence-electron chi connectivity index (χ3n) is 5.68. The third kappa shape index (κ3) is 4.89. The van der Waals surface area contributed by atoms with Crippen molar-refractivity contribution in [3.8, 4) is 0 Å². The lowest BCUT2D eigenvalue weighted by Crippen LogP contribution is -2.48. The molecule has 154 valence electrons. The van der Waals surface area contributed by atoms with Crippen molar-refractivity contribution in [3.05, 3.63) is 101 Å². The van der Waals surface area contributed by atoms with Crippen molar-refractivity contribution < 1.29 is 9.18 Å². The number of hydrogen-bond acceptors (Lipinski definition) is 3. The smallest absolute Gasteiger partial charge is 0.164 e. The Morgan fingerprint density at radius 1 is 0.867 bits per heavy atom. The highest BCUT2D eigenvalue weighted by atomic mass is 35.5. The van der Waals surface area contributed by atoms with E-state index in [4.69, 9.17) is 11.6 Å². The van der Waals surface area contributed by atoms with E-state index in [2.05, 4.69) is 21.9 Å². The third-order valence-corrected chi connectivity index (χ3v) is 5.93. The molecule has 1 saturated heterocycles. The number of nitrogens with zero attached hydrogens (tertiary/aromatic N) is 2. The van der Waals surface area contributed by atoms with E-state index < -0.39 is 0 Å². The number of anilines is 1. The van der Waals surface area contributed by atoms with Gasteiger partial charge in [0, 0.05) is 54.9 Å². The maximum atomic E-state index is 13.2. The molecule has 1 aliphatic rings. The second-order valence-corrected chi connectivity index (χ2v) is 8.00. The predicted octanol–water partition coefficient (Wildman–Crippen LogP) is 5.62. The van der Waals surface area contributed by atoms with E-state index in [0.717, 1.165) is 37.4 Å². The van der Waals surface area contributed by atoms with Crippen LogP contribution in [0.3, 0.4) is 0 Å². The molecule has 1 heterocycles. The van der Waals surface area contributed by atoms with Crippen LogP contribution >= 0.6 is 11.6 Å². The summed E-state index contributed by atoms with van der Waals surface area (Å²) < 4.78 is 13.2. The number of Topliss-reactive ketones (excluding diaryl/α,β-unsaturated/α-hetero) is 1. The van der Waals surface area contributed by atoms with Crippen LogP contribution in [0.2, 0.25) is 5.02 Å². The SMILES string of the molecule is O=C(CC(c1ccccc1)N1CCN(c2ccc(F)cc2)CC1)c1ccc(Cl)cc1. The van der Waals surface area contributed by atoms with Gasteiger partial charge in [-0.2, -0.15) is 0 Å². The first-order chi connectivity index (χ1) is 14.6. The number of hydrogen-bond donors (Lipinski definition) is 0. The van der Waals surface area contributed by atoms with Gasteiger partial charge in [0.2, 0.25) is 0 Å².